The predicted molar refractivity (Wildman–Crippen MR) is 67.0 cm³/mol. The molecule has 0 saturated carbocycles. The molecule has 0 saturated heterocycles. The maximum Gasteiger partial charge on any atom is 0.321 e. The zero-order valence-corrected chi connectivity index (χ0v) is 9.95. The first-order valence-electron chi connectivity index (χ1n) is 5.76. The standard InChI is InChI=1S/C13H17NO4/c14-11(13(17)18)10(12(15)16)8-7-9-5-3-1-2-4-6-9/h1-3,5-6,10-11H,4,7-8,14H2,(H,15,16)(H,17,18). The lowest BCUT2D eigenvalue weighted by molar-refractivity contribution is -0.150. The van der Waals surface area contributed by atoms with Crippen molar-refractivity contribution in [3.63, 3.8) is 0 Å². The molecule has 1 aliphatic rings. The molecule has 0 spiro atoms. The molecule has 0 heterocycles. The number of carboxylic acid groups (broad SMARTS) is 2. The molecule has 0 aromatic heterocycles. The van der Waals surface area contributed by atoms with Crippen molar-refractivity contribution in [3.8, 4) is 0 Å². The average molecular weight is 251 g/mol. The van der Waals surface area contributed by atoms with E-state index in [2.05, 4.69) is 0 Å². The number of allylic oxidation sites excluding steroid dienone is 6. The Morgan fingerprint density at radius 1 is 1.28 bits per heavy atom. The van der Waals surface area contributed by atoms with Gasteiger partial charge in [0.05, 0.1) is 5.92 Å². The van der Waals surface area contributed by atoms with E-state index < -0.39 is 23.9 Å². The molecule has 0 aromatic rings. The van der Waals surface area contributed by atoms with Crippen LogP contribution in [0, 0.1) is 5.92 Å². The summed E-state index contributed by atoms with van der Waals surface area (Å²) in [5, 5.41) is 17.7. The molecule has 18 heavy (non-hydrogen) atoms. The Hall–Kier alpha value is -1.88. The largest absolute Gasteiger partial charge is 0.481 e. The molecule has 5 nitrogen and oxygen atoms in total. The smallest absolute Gasteiger partial charge is 0.321 e. The fourth-order valence-corrected chi connectivity index (χ4v) is 1.76. The number of nitrogens with two attached hydrogens (primary N) is 1. The van der Waals surface area contributed by atoms with Crippen LogP contribution in [-0.2, 0) is 9.59 Å². The van der Waals surface area contributed by atoms with E-state index in [9.17, 15) is 9.59 Å². The molecular weight excluding hydrogens is 234 g/mol. The van der Waals surface area contributed by atoms with Crippen molar-refractivity contribution in [2.45, 2.75) is 25.3 Å². The van der Waals surface area contributed by atoms with Gasteiger partial charge in [0.25, 0.3) is 0 Å². The zero-order valence-electron chi connectivity index (χ0n) is 9.95. The van der Waals surface area contributed by atoms with Crippen LogP contribution in [0.3, 0.4) is 0 Å². The third kappa shape index (κ3) is 4.18. The molecular formula is C13H17NO4. The SMILES string of the molecule is NC(C(=O)O)C(CCC1=CCC=CC=C1)C(=O)O. The highest BCUT2D eigenvalue weighted by molar-refractivity contribution is 5.82. The van der Waals surface area contributed by atoms with E-state index in [-0.39, 0.29) is 6.42 Å². The van der Waals surface area contributed by atoms with Gasteiger partial charge in [-0.1, -0.05) is 36.0 Å². The first-order valence-corrected chi connectivity index (χ1v) is 5.76. The second kappa shape index (κ2) is 6.76. The van der Waals surface area contributed by atoms with E-state index in [0.29, 0.717) is 6.42 Å². The molecule has 2 atom stereocenters. The normalized spacial score (nSPS) is 17.7. The average Bonchev–Trinajstić information content (AvgIpc) is 2.57. The lowest BCUT2D eigenvalue weighted by Gasteiger charge is -2.16. The Labute approximate surface area is 105 Å². The number of hydrogen-bond acceptors (Lipinski definition) is 3. The van der Waals surface area contributed by atoms with E-state index in [0.717, 1.165) is 12.0 Å². The minimum Gasteiger partial charge on any atom is -0.481 e. The van der Waals surface area contributed by atoms with Crippen molar-refractivity contribution in [3.05, 3.63) is 36.0 Å². The molecule has 98 valence electrons. The third-order valence-corrected chi connectivity index (χ3v) is 2.85. The molecule has 1 rings (SSSR count). The van der Waals surface area contributed by atoms with Gasteiger partial charge in [0, 0.05) is 0 Å². The van der Waals surface area contributed by atoms with E-state index in [1.807, 2.05) is 30.4 Å². The summed E-state index contributed by atoms with van der Waals surface area (Å²) in [6.07, 6.45) is 11.2. The van der Waals surface area contributed by atoms with Crippen LogP contribution in [0.25, 0.3) is 0 Å². The van der Waals surface area contributed by atoms with Gasteiger partial charge in [-0.05, 0) is 19.3 Å². The van der Waals surface area contributed by atoms with Gasteiger partial charge in [0.2, 0.25) is 0 Å². The highest BCUT2D eigenvalue weighted by Crippen LogP contribution is 2.18. The van der Waals surface area contributed by atoms with Crippen LogP contribution in [0.15, 0.2) is 36.0 Å². The number of carboxylic acids is 2. The van der Waals surface area contributed by atoms with Crippen LogP contribution < -0.4 is 5.73 Å². The summed E-state index contributed by atoms with van der Waals surface area (Å²) >= 11 is 0. The maximum absolute atomic E-state index is 11.0. The van der Waals surface area contributed by atoms with Crippen molar-refractivity contribution < 1.29 is 19.8 Å². The van der Waals surface area contributed by atoms with E-state index >= 15 is 0 Å². The molecule has 4 N–H and O–H groups in total. The number of rotatable bonds is 6. The van der Waals surface area contributed by atoms with Crippen molar-refractivity contribution in [1.82, 2.24) is 0 Å². The van der Waals surface area contributed by atoms with Gasteiger partial charge >= 0.3 is 11.9 Å². The lowest BCUT2D eigenvalue weighted by Crippen LogP contribution is -2.42. The van der Waals surface area contributed by atoms with Crippen molar-refractivity contribution in [2.24, 2.45) is 11.7 Å². The Morgan fingerprint density at radius 3 is 2.61 bits per heavy atom. The predicted octanol–water partition coefficient (Wildman–Crippen LogP) is 1.32. The van der Waals surface area contributed by atoms with Crippen LogP contribution in [0.1, 0.15) is 19.3 Å². The summed E-state index contributed by atoms with van der Waals surface area (Å²) in [7, 11) is 0. The summed E-state index contributed by atoms with van der Waals surface area (Å²) in [6.45, 7) is 0. The van der Waals surface area contributed by atoms with Crippen molar-refractivity contribution in [1.29, 1.82) is 0 Å². The van der Waals surface area contributed by atoms with Crippen LogP contribution in [0.4, 0.5) is 0 Å². The molecule has 0 radical (unpaired) electrons. The Morgan fingerprint density at radius 2 is 2.00 bits per heavy atom. The van der Waals surface area contributed by atoms with E-state index in [4.69, 9.17) is 15.9 Å². The maximum atomic E-state index is 11.0. The van der Waals surface area contributed by atoms with Gasteiger partial charge in [0.15, 0.2) is 0 Å². The quantitative estimate of drug-likeness (QED) is 0.661. The van der Waals surface area contributed by atoms with Gasteiger partial charge in [-0.15, -0.1) is 0 Å². The molecule has 0 fully saturated rings. The molecule has 1 aliphatic carbocycles. The first kappa shape index (κ1) is 14.2. The number of carbonyl (C=O) groups is 2. The number of hydrogen-bond donors (Lipinski definition) is 3. The van der Waals surface area contributed by atoms with E-state index in [1.54, 1.807) is 0 Å². The third-order valence-electron chi connectivity index (χ3n) is 2.85. The van der Waals surface area contributed by atoms with Gasteiger partial charge < -0.3 is 15.9 Å². The first-order chi connectivity index (χ1) is 8.52. The Bertz CT molecular complexity index is 409. The van der Waals surface area contributed by atoms with E-state index in [1.165, 1.54) is 0 Å². The minimum absolute atomic E-state index is 0.221. The summed E-state index contributed by atoms with van der Waals surface area (Å²) in [6, 6.07) is -1.36. The summed E-state index contributed by atoms with van der Waals surface area (Å²) in [4.78, 5) is 21.7. The molecule has 2 unspecified atom stereocenters. The Balaban J connectivity index is 2.60. The molecule has 5 heteroatoms. The van der Waals surface area contributed by atoms with Crippen LogP contribution in [0.5, 0.6) is 0 Å². The van der Waals surface area contributed by atoms with Gasteiger partial charge in [-0.25, -0.2) is 0 Å². The van der Waals surface area contributed by atoms with Gasteiger partial charge in [0.1, 0.15) is 6.04 Å². The second-order valence-corrected chi connectivity index (χ2v) is 4.15. The second-order valence-electron chi connectivity index (χ2n) is 4.15. The fourth-order valence-electron chi connectivity index (χ4n) is 1.76. The van der Waals surface area contributed by atoms with Gasteiger partial charge in [-0.3, -0.25) is 9.59 Å². The summed E-state index contributed by atoms with van der Waals surface area (Å²) < 4.78 is 0. The molecule has 0 bridgehead atoms. The summed E-state index contributed by atoms with van der Waals surface area (Å²) in [5.41, 5.74) is 6.38. The van der Waals surface area contributed by atoms with Crippen LogP contribution in [0.2, 0.25) is 0 Å². The summed E-state index contributed by atoms with van der Waals surface area (Å²) in [5.74, 6) is -3.51. The monoisotopic (exact) mass is 251 g/mol. The van der Waals surface area contributed by atoms with Crippen molar-refractivity contribution in [2.75, 3.05) is 0 Å². The highest BCUT2D eigenvalue weighted by Gasteiger charge is 2.30. The lowest BCUT2D eigenvalue weighted by atomic mass is 9.92. The highest BCUT2D eigenvalue weighted by atomic mass is 16.4. The topological polar surface area (TPSA) is 101 Å². The molecule has 0 aromatic carbocycles. The van der Waals surface area contributed by atoms with Crippen molar-refractivity contribution >= 4 is 11.9 Å². The number of aliphatic carboxylic acids is 2. The van der Waals surface area contributed by atoms with Crippen LogP contribution >= 0.6 is 0 Å². The van der Waals surface area contributed by atoms with Gasteiger partial charge in [-0.2, -0.15) is 0 Å². The zero-order chi connectivity index (χ0) is 13.5. The molecule has 0 aliphatic heterocycles. The Kier molecular flexibility index (Phi) is 5.32. The minimum atomic E-state index is -1.36. The molecule has 0 amide bonds. The van der Waals surface area contributed by atoms with Crippen LogP contribution in [-0.4, -0.2) is 28.2 Å². The fraction of sp³-hybridized carbons (Fsp3) is 0.385.